The van der Waals surface area contributed by atoms with Crippen molar-refractivity contribution in [2.24, 2.45) is 4.99 Å². The SMILES string of the molecule is CN=C(NCCOC)NCc1oc2ccc(F)cc2c1C. The summed E-state index contributed by atoms with van der Waals surface area (Å²) in [6.45, 7) is 3.67. The molecule has 1 heterocycles. The zero-order chi connectivity index (χ0) is 15.2. The lowest BCUT2D eigenvalue weighted by atomic mass is 10.1. The Morgan fingerprint density at radius 3 is 2.90 bits per heavy atom. The van der Waals surface area contributed by atoms with E-state index in [-0.39, 0.29) is 5.82 Å². The van der Waals surface area contributed by atoms with E-state index >= 15 is 0 Å². The molecule has 0 bridgehead atoms. The second-order valence-electron chi connectivity index (χ2n) is 4.64. The number of hydrogen-bond acceptors (Lipinski definition) is 3. The second-order valence-corrected chi connectivity index (χ2v) is 4.64. The number of rotatable bonds is 5. The minimum atomic E-state index is -0.261. The van der Waals surface area contributed by atoms with Crippen molar-refractivity contribution >= 4 is 16.9 Å². The zero-order valence-corrected chi connectivity index (χ0v) is 12.5. The predicted octanol–water partition coefficient (Wildman–Crippen LogP) is 2.19. The molecule has 0 amide bonds. The Bertz CT molecular complexity index is 637. The van der Waals surface area contributed by atoms with Crippen LogP contribution in [-0.2, 0) is 11.3 Å². The molecule has 0 saturated heterocycles. The summed E-state index contributed by atoms with van der Waals surface area (Å²) >= 11 is 0. The Morgan fingerprint density at radius 1 is 1.38 bits per heavy atom. The van der Waals surface area contributed by atoms with Crippen LogP contribution in [-0.4, -0.2) is 33.3 Å². The normalized spacial score (nSPS) is 11.9. The number of methoxy groups -OCH3 is 1. The Hall–Kier alpha value is -2.08. The highest BCUT2D eigenvalue weighted by molar-refractivity contribution is 5.83. The van der Waals surface area contributed by atoms with Gasteiger partial charge < -0.3 is 19.8 Å². The third-order valence-electron chi connectivity index (χ3n) is 3.24. The number of fused-ring (bicyclic) bond motifs is 1. The van der Waals surface area contributed by atoms with E-state index in [9.17, 15) is 4.39 Å². The number of ether oxygens (including phenoxy) is 1. The van der Waals surface area contributed by atoms with E-state index in [4.69, 9.17) is 9.15 Å². The topological polar surface area (TPSA) is 58.8 Å². The monoisotopic (exact) mass is 293 g/mol. The fourth-order valence-electron chi connectivity index (χ4n) is 2.07. The maximum Gasteiger partial charge on any atom is 0.191 e. The van der Waals surface area contributed by atoms with Crippen molar-refractivity contribution in [3.8, 4) is 0 Å². The number of nitrogens with zero attached hydrogens (tertiary/aromatic N) is 1. The van der Waals surface area contributed by atoms with Crippen LogP contribution in [0.1, 0.15) is 11.3 Å². The Balaban J connectivity index is 2.04. The first-order valence-corrected chi connectivity index (χ1v) is 6.76. The first-order chi connectivity index (χ1) is 10.2. The third kappa shape index (κ3) is 3.72. The lowest BCUT2D eigenvalue weighted by Gasteiger charge is -2.10. The number of aliphatic imine (C=N–C) groups is 1. The maximum atomic E-state index is 13.3. The summed E-state index contributed by atoms with van der Waals surface area (Å²) in [5, 5.41) is 7.07. The summed E-state index contributed by atoms with van der Waals surface area (Å²) in [6.07, 6.45) is 0. The summed E-state index contributed by atoms with van der Waals surface area (Å²) in [6, 6.07) is 4.53. The third-order valence-corrected chi connectivity index (χ3v) is 3.24. The molecule has 0 aliphatic rings. The molecule has 1 aromatic heterocycles. The molecule has 6 heteroatoms. The van der Waals surface area contributed by atoms with Crippen LogP contribution in [0.3, 0.4) is 0 Å². The Kier molecular flexibility index (Phi) is 5.16. The average molecular weight is 293 g/mol. The fourth-order valence-corrected chi connectivity index (χ4v) is 2.07. The van der Waals surface area contributed by atoms with Gasteiger partial charge in [-0.05, 0) is 25.1 Å². The molecule has 2 N–H and O–H groups in total. The van der Waals surface area contributed by atoms with Crippen LogP contribution in [0.5, 0.6) is 0 Å². The molecule has 0 aliphatic heterocycles. The van der Waals surface area contributed by atoms with Gasteiger partial charge in [0.25, 0.3) is 0 Å². The second kappa shape index (κ2) is 7.08. The number of furan rings is 1. The van der Waals surface area contributed by atoms with Crippen molar-refractivity contribution in [3.05, 3.63) is 35.3 Å². The van der Waals surface area contributed by atoms with E-state index < -0.39 is 0 Å². The van der Waals surface area contributed by atoms with Gasteiger partial charge in [0.1, 0.15) is 17.2 Å². The highest BCUT2D eigenvalue weighted by atomic mass is 19.1. The minimum Gasteiger partial charge on any atom is -0.459 e. The molecule has 0 aliphatic carbocycles. The number of hydrogen-bond donors (Lipinski definition) is 2. The van der Waals surface area contributed by atoms with Crippen LogP contribution >= 0.6 is 0 Å². The van der Waals surface area contributed by atoms with Gasteiger partial charge in [-0.25, -0.2) is 4.39 Å². The van der Waals surface area contributed by atoms with Gasteiger partial charge in [-0.2, -0.15) is 0 Å². The zero-order valence-electron chi connectivity index (χ0n) is 12.5. The van der Waals surface area contributed by atoms with Crippen LogP contribution in [0.2, 0.25) is 0 Å². The van der Waals surface area contributed by atoms with Gasteiger partial charge >= 0.3 is 0 Å². The lowest BCUT2D eigenvalue weighted by molar-refractivity contribution is 0.203. The highest BCUT2D eigenvalue weighted by Gasteiger charge is 2.11. The Morgan fingerprint density at radius 2 is 2.19 bits per heavy atom. The van der Waals surface area contributed by atoms with Gasteiger partial charge in [0.2, 0.25) is 0 Å². The summed E-state index contributed by atoms with van der Waals surface area (Å²) in [5.74, 6) is 1.17. The largest absolute Gasteiger partial charge is 0.459 e. The van der Waals surface area contributed by atoms with Gasteiger partial charge in [0.05, 0.1) is 13.2 Å². The summed E-state index contributed by atoms with van der Waals surface area (Å²) in [4.78, 5) is 4.11. The van der Waals surface area contributed by atoms with E-state index in [2.05, 4.69) is 15.6 Å². The molecule has 0 radical (unpaired) electrons. The minimum absolute atomic E-state index is 0.261. The average Bonchev–Trinajstić information content (AvgIpc) is 2.79. The number of aryl methyl sites for hydroxylation is 1. The lowest BCUT2D eigenvalue weighted by Crippen LogP contribution is -2.38. The number of halogens is 1. The van der Waals surface area contributed by atoms with Crippen LogP contribution in [0.4, 0.5) is 4.39 Å². The van der Waals surface area contributed by atoms with Crippen molar-refractivity contribution in [2.45, 2.75) is 13.5 Å². The van der Waals surface area contributed by atoms with Crippen molar-refractivity contribution in [1.82, 2.24) is 10.6 Å². The van der Waals surface area contributed by atoms with Gasteiger partial charge in [-0.15, -0.1) is 0 Å². The molecule has 1 aromatic carbocycles. The first kappa shape index (κ1) is 15.3. The van der Waals surface area contributed by atoms with Crippen LogP contribution in [0.25, 0.3) is 11.0 Å². The molecule has 0 spiro atoms. The Labute approximate surface area is 123 Å². The van der Waals surface area contributed by atoms with Crippen molar-refractivity contribution < 1.29 is 13.5 Å². The molecule has 21 heavy (non-hydrogen) atoms. The van der Waals surface area contributed by atoms with E-state index in [0.717, 1.165) is 16.7 Å². The highest BCUT2D eigenvalue weighted by Crippen LogP contribution is 2.25. The molecular formula is C15H20FN3O2. The first-order valence-electron chi connectivity index (χ1n) is 6.76. The quantitative estimate of drug-likeness (QED) is 0.504. The predicted molar refractivity (Wildman–Crippen MR) is 81.0 cm³/mol. The molecule has 0 fully saturated rings. The van der Waals surface area contributed by atoms with Gasteiger partial charge in [-0.1, -0.05) is 0 Å². The molecule has 5 nitrogen and oxygen atoms in total. The van der Waals surface area contributed by atoms with Crippen molar-refractivity contribution in [1.29, 1.82) is 0 Å². The molecular weight excluding hydrogens is 273 g/mol. The molecule has 2 rings (SSSR count). The molecule has 0 saturated carbocycles. The van der Waals surface area contributed by atoms with E-state index in [1.54, 1.807) is 20.2 Å². The van der Waals surface area contributed by atoms with Crippen molar-refractivity contribution in [2.75, 3.05) is 27.3 Å². The van der Waals surface area contributed by atoms with Gasteiger partial charge in [0.15, 0.2) is 5.96 Å². The molecule has 0 atom stereocenters. The smallest absolute Gasteiger partial charge is 0.191 e. The molecule has 114 valence electrons. The van der Waals surface area contributed by atoms with Crippen molar-refractivity contribution in [3.63, 3.8) is 0 Å². The molecule has 0 unspecified atom stereocenters. The summed E-state index contributed by atoms with van der Waals surface area (Å²) in [5.41, 5.74) is 1.62. The van der Waals surface area contributed by atoms with E-state index in [1.165, 1.54) is 12.1 Å². The summed E-state index contributed by atoms with van der Waals surface area (Å²) < 4.78 is 24.0. The number of nitrogens with one attached hydrogen (secondary N) is 2. The van der Waals surface area contributed by atoms with E-state index in [0.29, 0.717) is 31.2 Å². The van der Waals surface area contributed by atoms with Crippen LogP contribution < -0.4 is 10.6 Å². The number of guanidine groups is 1. The van der Waals surface area contributed by atoms with Crippen LogP contribution in [0, 0.1) is 12.7 Å². The summed E-state index contributed by atoms with van der Waals surface area (Å²) in [7, 11) is 3.35. The standard InChI is InChI=1S/C15H20FN3O2/c1-10-12-8-11(16)4-5-13(12)21-14(10)9-19-15(17-2)18-6-7-20-3/h4-5,8H,6-7,9H2,1-3H3,(H2,17,18,19). The molecule has 2 aromatic rings. The van der Waals surface area contributed by atoms with Gasteiger partial charge in [0, 0.05) is 31.7 Å². The van der Waals surface area contributed by atoms with Crippen LogP contribution in [0.15, 0.2) is 27.6 Å². The number of benzene rings is 1. The maximum absolute atomic E-state index is 13.3. The van der Waals surface area contributed by atoms with Gasteiger partial charge in [-0.3, -0.25) is 4.99 Å². The van der Waals surface area contributed by atoms with E-state index in [1.807, 2.05) is 6.92 Å². The fraction of sp³-hybridized carbons (Fsp3) is 0.400.